The Labute approximate surface area is 164 Å². The van der Waals surface area contributed by atoms with Gasteiger partial charge in [-0.15, -0.1) is 0 Å². The molecule has 3 rings (SSSR count). The second kappa shape index (κ2) is 7.43. The van der Waals surface area contributed by atoms with E-state index in [1.165, 1.54) is 4.57 Å². The van der Waals surface area contributed by atoms with Crippen molar-refractivity contribution in [1.82, 2.24) is 19.9 Å². The van der Waals surface area contributed by atoms with E-state index in [-0.39, 0.29) is 17.6 Å². The summed E-state index contributed by atoms with van der Waals surface area (Å²) in [7, 11) is 1.65. The molecule has 1 amide bonds. The molecule has 2 aromatic rings. The molecule has 146 valence electrons. The first-order chi connectivity index (χ1) is 12.6. The van der Waals surface area contributed by atoms with Crippen LogP contribution in [0.25, 0.3) is 11.0 Å². The molecule has 1 aliphatic heterocycles. The smallest absolute Gasteiger partial charge is 0.408 e. The number of aryl methyl sites for hydroxylation is 1. The number of pyridine rings is 1. The molecule has 1 saturated heterocycles. The average molecular weight is 440 g/mol. The maximum absolute atomic E-state index is 12.1. The number of ether oxygens (including phenoxy) is 2. The van der Waals surface area contributed by atoms with E-state index in [2.05, 4.69) is 36.5 Å². The monoisotopic (exact) mass is 439 g/mol. The van der Waals surface area contributed by atoms with Crippen molar-refractivity contribution in [1.29, 1.82) is 0 Å². The number of hydrogen-bond donors (Lipinski definition) is 2. The van der Waals surface area contributed by atoms with Gasteiger partial charge in [-0.25, -0.2) is 9.78 Å². The van der Waals surface area contributed by atoms with Crippen molar-refractivity contribution in [3.63, 3.8) is 0 Å². The third kappa shape index (κ3) is 4.56. The minimum Gasteiger partial charge on any atom is -0.444 e. The highest BCUT2D eigenvalue weighted by Gasteiger charge is 2.31. The number of aromatic nitrogens is 3. The summed E-state index contributed by atoms with van der Waals surface area (Å²) in [5.74, 6) is 0.353. The zero-order chi connectivity index (χ0) is 19.8. The Morgan fingerprint density at radius 2 is 2.07 bits per heavy atom. The number of anilines is 1. The molecule has 0 aliphatic carbocycles. The normalized spacial score (nSPS) is 19.9. The van der Waals surface area contributed by atoms with E-state index in [1.54, 1.807) is 40.1 Å². The van der Waals surface area contributed by atoms with Gasteiger partial charge in [0.05, 0.1) is 29.8 Å². The van der Waals surface area contributed by atoms with Crippen molar-refractivity contribution >= 4 is 39.0 Å². The van der Waals surface area contributed by atoms with Crippen molar-refractivity contribution in [2.45, 2.75) is 38.5 Å². The number of rotatable bonds is 3. The molecular weight excluding hydrogens is 418 g/mol. The van der Waals surface area contributed by atoms with Gasteiger partial charge in [0.25, 0.3) is 5.56 Å². The third-order valence-electron chi connectivity index (χ3n) is 4.00. The maximum Gasteiger partial charge on any atom is 0.408 e. The van der Waals surface area contributed by atoms with Crippen molar-refractivity contribution in [2.75, 3.05) is 18.5 Å². The van der Waals surface area contributed by atoms with Crippen molar-refractivity contribution < 1.29 is 14.3 Å². The minimum atomic E-state index is -0.576. The Morgan fingerprint density at radius 1 is 1.37 bits per heavy atom. The number of alkyl carbamates (subject to hydrolysis) is 1. The van der Waals surface area contributed by atoms with E-state index in [0.717, 1.165) is 5.39 Å². The summed E-state index contributed by atoms with van der Waals surface area (Å²) in [6, 6.07) is 1.18. The molecule has 10 heteroatoms. The fourth-order valence-corrected chi connectivity index (χ4v) is 3.25. The quantitative estimate of drug-likeness (QED) is 0.750. The van der Waals surface area contributed by atoms with Crippen LogP contribution in [-0.4, -0.2) is 51.5 Å². The molecule has 27 heavy (non-hydrogen) atoms. The Bertz CT molecular complexity index is 924. The SMILES string of the molecule is Cn1c(=O)c(Br)cc2cnc(NC3COCC3NC(=O)OC(C)(C)C)nc21. The Balaban J connectivity index is 1.76. The van der Waals surface area contributed by atoms with E-state index < -0.39 is 11.7 Å². The van der Waals surface area contributed by atoms with Gasteiger partial charge in [-0.1, -0.05) is 0 Å². The molecule has 2 N–H and O–H groups in total. The van der Waals surface area contributed by atoms with E-state index in [4.69, 9.17) is 9.47 Å². The predicted octanol–water partition coefficient (Wildman–Crippen LogP) is 1.79. The fourth-order valence-electron chi connectivity index (χ4n) is 2.74. The van der Waals surface area contributed by atoms with Gasteiger partial charge in [-0.2, -0.15) is 4.98 Å². The first kappa shape index (κ1) is 19.6. The van der Waals surface area contributed by atoms with Gasteiger partial charge in [0.15, 0.2) is 0 Å². The molecular formula is C17H22BrN5O4. The highest BCUT2D eigenvalue weighted by Crippen LogP contribution is 2.17. The lowest BCUT2D eigenvalue weighted by Gasteiger charge is -2.24. The number of carbonyl (C=O) groups is 1. The number of amides is 1. The second-order valence-electron chi connectivity index (χ2n) is 7.37. The van der Waals surface area contributed by atoms with Gasteiger partial charge in [-0.3, -0.25) is 9.36 Å². The third-order valence-corrected chi connectivity index (χ3v) is 4.57. The predicted molar refractivity (Wildman–Crippen MR) is 104 cm³/mol. The molecule has 3 heterocycles. The average Bonchev–Trinajstić information content (AvgIpc) is 2.98. The van der Waals surface area contributed by atoms with Crippen molar-refractivity contribution in [2.24, 2.45) is 7.05 Å². The zero-order valence-electron chi connectivity index (χ0n) is 15.6. The molecule has 2 atom stereocenters. The van der Waals surface area contributed by atoms with Crippen LogP contribution in [0.5, 0.6) is 0 Å². The van der Waals surface area contributed by atoms with Crippen LogP contribution >= 0.6 is 15.9 Å². The molecule has 0 aromatic carbocycles. The van der Waals surface area contributed by atoms with Gasteiger partial charge in [0.1, 0.15) is 11.2 Å². The second-order valence-corrected chi connectivity index (χ2v) is 8.22. The van der Waals surface area contributed by atoms with Crippen molar-refractivity contribution in [3.8, 4) is 0 Å². The highest BCUT2D eigenvalue weighted by molar-refractivity contribution is 9.10. The maximum atomic E-state index is 12.1. The lowest BCUT2D eigenvalue weighted by atomic mass is 10.2. The van der Waals surface area contributed by atoms with Crippen molar-refractivity contribution in [3.05, 3.63) is 27.1 Å². The summed E-state index contributed by atoms with van der Waals surface area (Å²) in [4.78, 5) is 32.8. The molecule has 1 aliphatic rings. The molecule has 0 spiro atoms. The van der Waals surface area contributed by atoms with Gasteiger partial charge < -0.3 is 20.1 Å². The van der Waals surface area contributed by atoms with E-state index in [0.29, 0.717) is 29.3 Å². The number of hydrogen-bond acceptors (Lipinski definition) is 7. The highest BCUT2D eigenvalue weighted by atomic mass is 79.9. The van der Waals surface area contributed by atoms with Gasteiger partial charge >= 0.3 is 6.09 Å². The number of nitrogens with one attached hydrogen (secondary N) is 2. The van der Waals surface area contributed by atoms with Crippen LogP contribution in [0, 0.1) is 0 Å². The van der Waals surface area contributed by atoms with Gasteiger partial charge in [0.2, 0.25) is 5.95 Å². The Morgan fingerprint density at radius 3 is 2.78 bits per heavy atom. The zero-order valence-corrected chi connectivity index (χ0v) is 17.2. The van der Waals surface area contributed by atoms with E-state index in [1.807, 2.05) is 0 Å². The summed E-state index contributed by atoms with van der Waals surface area (Å²) in [5, 5.41) is 6.71. The molecule has 0 radical (unpaired) electrons. The molecule has 2 aromatic heterocycles. The van der Waals surface area contributed by atoms with Crippen LogP contribution in [0.3, 0.4) is 0 Å². The van der Waals surface area contributed by atoms with Crippen LogP contribution in [0.1, 0.15) is 20.8 Å². The summed E-state index contributed by atoms with van der Waals surface area (Å²) in [5.41, 5.74) is -0.246. The first-order valence-electron chi connectivity index (χ1n) is 8.50. The Hall–Kier alpha value is -2.20. The van der Waals surface area contributed by atoms with E-state index in [9.17, 15) is 9.59 Å². The molecule has 0 bridgehead atoms. The Kier molecular flexibility index (Phi) is 5.38. The number of nitrogens with zero attached hydrogens (tertiary/aromatic N) is 3. The fraction of sp³-hybridized carbons (Fsp3) is 0.529. The molecule has 0 saturated carbocycles. The minimum absolute atomic E-state index is 0.180. The largest absolute Gasteiger partial charge is 0.444 e. The number of halogens is 1. The summed E-state index contributed by atoms with van der Waals surface area (Å²) in [6.07, 6.45) is 1.14. The van der Waals surface area contributed by atoms with Crippen LogP contribution in [0.15, 0.2) is 21.5 Å². The molecule has 2 unspecified atom stereocenters. The van der Waals surface area contributed by atoms with E-state index >= 15 is 0 Å². The number of carbonyl (C=O) groups excluding carboxylic acids is 1. The van der Waals surface area contributed by atoms with Crippen LogP contribution < -0.4 is 16.2 Å². The van der Waals surface area contributed by atoms with Gasteiger partial charge in [0, 0.05) is 18.6 Å². The summed E-state index contributed by atoms with van der Waals surface area (Å²) in [6.45, 7) is 6.16. The van der Waals surface area contributed by atoms with Crippen LogP contribution in [0.4, 0.5) is 10.7 Å². The van der Waals surface area contributed by atoms with Gasteiger partial charge in [-0.05, 0) is 42.8 Å². The standard InChI is InChI=1S/C17H22BrN5O4/c1-17(2,3)27-16(25)21-12-8-26-7-11(12)20-15-19-6-9-5-10(18)14(24)23(4)13(9)22-15/h5-6,11-12H,7-8H2,1-4H3,(H,21,25)(H,19,20,22). The van der Waals surface area contributed by atoms with Crippen LogP contribution in [0.2, 0.25) is 0 Å². The summed E-state index contributed by atoms with van der Waals surface area (Å²) < 4.78 is 12.7. The molecule has 9 nitrogen and oxygen atoms in total. The molecule has 1 fully saturated rings. The van der Waals surface area contributed by atoms with Crippen LogP contribution in [-0.2, 0) is 16.5 Å². The topological polar surface area (TPSA) is 107 Å². The number of fused-ring (bicyclic) bond motifs is 1. The lowest BCUT2D eigenvalue weighted by molar-refractivity contribution is 0.0497. The first-order valence-corrected chi connectivity index (χ1v) is 9.29. The lowest BCUT2D eigenvalue weighted by Crippen LogP contribution is -2.47. The summed E-state index contributed by atoms with van der Waals surface area (Å²) >= 11 is 3.23.